The van der Waals surface area contributed by atoms with Crippen LogP contribution >= 0.6 is 0 Å². The molecule has 1 fully saturated rings. The first-order valence-electron chi connectivity index (χ1n) is 4.79. The maximum Gasteiger partial charge on any atom is 0.253 e. The Bertz CT molecular complexity index is 419. The number of aromatic nitrogens is 1. The Morgan fingerprint density at radius 3 is 2.79 bits per heavy atom. The van der Waals surface area contributed by atoms with Crippen LogP contribution in [0.25, 0.3) is 0 Å². The predicted molar refractivity (Wildman–Crippen MR) is 53.3 cm³/mol. The summed E-state index contributed by atoms with van der Waals surface area (Å²) < 4.78 is 1.45. The van der Waals surface area contributed by atoms with Crippen LogP contribution in [-0.4, -0.2) is 9.67 Å². The third kappa shape index (κ3) is 1.32. The third-order valence-electron chi connectivity index (χ3n) is 2.67. The summed E-state index contributed by atoms with van der Waals surface area (Å²) in [7, 11) is 0. The van der Waals surface area contributed by atoms with Gasteiger partial charge >= 0.3 is 0 Å². The topological polar surface area (TPSA) is 68.2 Å². The smallest absolute Gasteiger partial charge is 0.253 e. The van der Waals surface area contributed by atoms with Crippen molar-refractivity contribution in [3.63, 3.8) is 0 Å². The summed E-state index contributed by atoms with van der Waals surface area (Å²) >= 11 is 0. The van der Waals surface area contributed by atoms with Crippen molar-refractivity contribution >= 4 is 0 Å². The van der Waals surface area contributed by atoms with E-state index in [0.717, 1.165) is 18.4 Å². The Hall–Kier alpha value is -1.29. The van der Waals surface area contributed by atoms with Gasteiger partial charge in [-0.15, -0.1) is 0 Å². The van der Waals surface area contributed by atoms with E-state index < -0.39 is 0 Å². The fourth-order valence-corrected chi connectivity index (χ4v) is 1.71. The SMILES string of the molecule is Cc1cc(=O)n(C2CC2)c(O)c1CN. The van der Waals surface area contributed by atoms with Gasteiger partial charge in [0, 0.05) is 24.2 Å². The van der Waals surface area contributed by atoms with Gasteiger partial charge in [-0.05, 0) is 25.3 Å². The molecule has 0 aromatic carbocycles. The minimum atomic E-state index is -0.125. The molecule has 0 radical (unpaired) electrons. The average Bonchev–Trinajstić information content (AvgIpc) is 2.88. The van der Waals surface area contributed by atoms with Crippen molar-refractivity contribution in [2.45, 2.75) is 32.4 Å². The highest BCUT2D eigenvalue weighted by molar-refractivity contribution is 5.34. The lowest BCUT2D eigenvalue weighted by Crippen LogP contribution is -2.21. The van der Waals surface area contributed by atoms with E-state index >= 15 is 0 Å². The van der Waals surface area contributed by atoms with Crippen molar-refractivity contribution in [2.24, 2.45) is 5.73 Å². The average molecular weight is 194 g/mol. The summed E-state index contributed by atoms with van der Waals surface area (Å²) in [6, 6.07) is 1.73. The molecular formula is C10H14N2O2. The van der Waals surface area contributed by atoms with E-state index in [1.807, 2.05) is 0 Å². The second-order valence-electron chi connectivity index (χ2n) is 3.77. The molecule has 4 nitrogen and oxygen atoms in total. The second kappa shape index (κ2) is 3.13. The maximum atomic E-state index is 11.6. The van der Waals surface area contributed by atoms with Gasteiger partial charge in [-0.3, -0.25) is 9.36 Å². The van der Waals surface area contributed by atoms with Crippen LogP contribution in [0, 0.1) is 6.92 Å². The quantitative estimate of drug-likeness (QED) is 0.726. The number of aromatic hydroxyl groups is 1. The van der Waals surface area contributed by atoms with Crippen molar-refractivity contribution in [3.05, 3.63) is 27.5 Å². The molecule has 0 saturated heterocycles. The van der Waals surface area contributed by atoms with Crippen LogP contribution in [0.1, 0.15) is 30.0 Å². The number of hydrogen-bond acceptors (Lipinski definition) is 3. The molecule has 4 heteroatoms. The Balaban J connectivity index is 2.64. The van der Waals surface area contributed by atoms with Crippen molar-refractivity contribution in [3.8, 4) is 5.88 Å². The highest BCUT2D eigenvalue weighted by atomic mass is 16.3. The fourth-order valence-electron chi connectivity index (χ4n) is 1.71. The zero-order valence-corrected chi connectivity index (χ0v) is 8.16. The van der Waals surface area contributed by atoms with Crippen LogP contribution < -0.4 is 11.3 Å². The van der Waals surface area contributed by atoms with E-state index in [-0.39, 0.29) is 24.0 Å². The Morgan fingerprint density at radius 2 is 2.29 bits per heavy atom. The van der Waals surface area contributed by atoms with Crippen LogP contribution in [0.5, 0.6) is 5.88 Å². The van der Waals surface area contributed by atoms with Gasteiger partial charge < -0.3 is 10.8 Å². The molecule has 76 valence electrons. The highest BCUT2D eigenvalue weighted by Crippen LogP contribution is 2.37. The van der Waals surface area contributed by atoms with E-state index in [1.165, 1.54) is 4.57 Å². The van der Waals surface area contributed by atoms with Gasteiger partial charge in [-0.25, -0.2) is 0 Å². The molecule has 1 heterocycles. The Morgan fingerprint density at radius 1 is 1.64 bits per heavy atom. The van der Waals surface area contributed by atoms with Crippen LogP contribution in [-0.2, 0) is 6.54 Å². The van der Waals surface area contributed by atoms with E-state index in [0.29, 0.717) is 5.56 Å². The molecular weight excluding hydrogens is 180 g/mol. The number of aryl methyl sites for hydroxylation is 1. The molecule has 1 aliphatic rings. The predicted octanol–water partition coefficient (Wildman–Crippen LogP) is 0.656. The van der Waals surface area contributed by atoms with E-state index in [1.54, 1.807) is 13.0 Å². The first kappa shape index (κ1) is 9.27. The largest absolute Gasteiger partial charge is 0.494 e. The summed E-state index contributed by atoms with van der Waals surface area (Å²) in [5.74, 6) is 0.0556. The number of rotatable bonds is 2. The van der Waals surface area contributed by atoms with Crippen molar-refractivity contribution in [1.29, 1.82) is 0 Å². The van der Waals surface area contributed by atoms with Gasteiger partial charge in [0.2, 0.25) is 0 Å². The van der Waals surface area contributed by atoms with Crippen molar-refractivity contribution in [2.75, 3.05) is 0 Å². The number of hydrogen-bond donors (Lipinski definition) is 2. The van der Waals surface area contributed by atoms with Crippen LogP contribution in [0.4, 0.5) is 0 Å². The van der Waals surface area contributed by atoms with Gasteiger partial charge in [-0.1, -0.05) is 0 Å². The lowest BCUT2D eigenvalue weighted by molar-refractivity contribution is 0.400. The molecule has 14 heavy (non-hydrogen) atoms. The molecule has 0 spiro atoms. The van der Waals surface area contributed by atoms with E-state index in [4.69, 9.17) is 5.73 Å². The normalized spacial score (nSPS) is 15.9. The zero-order valence-electron chi connectivity index (χ0n) is 8.16. The highest BCUT2D eigenvalue weighted by Gasteiger charge is 2.28. The van der Waals surface area contributed by atoms with Gasteiger partial charge in [0.05, 0.1) is 0 Å². The number of nitrogens with zero attached hydrogens (tertiary/aromatic N) is 1. The second-order valence-corrected chi connectivity index (χ2v) is 3.77. The molecule has 3 N–H and O–H groups in total. The summed E-state index contributed by atoms with van der Waals surface area (Å²) in [5.41, 5.74) is 6.84. The molecule has 0 amide bonds. The van der Waals surface area contributed by atoms with Crippen molar-refractivity contribution < 1.29 is 5.11 Å². The molecule has 0 atom stereocenters. The molecule has 0 aliphatic heterocycles. The third-order valence-corrected chi connectivity index (χ3v) is 2.67. The lowest BCUT2D eigenvalue weighted by Gasteiger charge is -2.12. The van der Waals surface area contributed by atoms with Gasteiger partial charge in [0.25, 0.3) is 5.56 Å². The maximum absolute atomic E-state index is 11.6. The molecule has 1 aromatic heterocycles. The molecule has 1 saturated carbocycles. The van der Waals surface area contributed by atoms with Gasteiger partial charge in [0.1, 0.15) is 0 Å². The number of nitrogens with two attached hydrogens (primary N) is 1. The zero-order chi connectivity index (χ0) is 10.3. The summed E-state index contributed by atoms with van der Waals surface area (Å²) in [6.07, 6.45) is 1.95. The lowest BCUT2D eigenvalue weighted by atomic mass is 10.1. The molecule has 0 bridgehead atoms. The molecule has 1 aromatic rings. The van der Waals surface area contributed by atoms with Crippen LogP contribution in [0.2, 0.25) is 0 Å². The summed E-state index contributed by atoms with van der Waals surface area (Å²) in [4.78, 5) is 11.6. The van der Waals surface area contributed by atoms with Crippen LogP contribution in [0.3, 0.4) is 0 Å². The summed E-state index contributed by atoms with van der Waals surface area (Å²) in [5, 5.41) is 9.84. The minimum Gasteiger partial charge on any atom is -0.494 e. The molecule has 1 aliphatic carbocycles. The Labute approximate surface area is 82.0 Å². The van der Waals surface area contributed by atoms with Crippen LogP contribution in [0.15, 0.2) is 10.9 Å². The monoisotopic (exact) mass is 194 g/mol. The first-order chi connectivity index (χ1) is 6.65. The Kier molecular flexibility index (Phi) is 2.07. The minimum absolute atomic E-state index is 0.0556. The van der Waals surface area contributed by atoms with E-state index in [9.17, 15) is 9.90 Å². The standard InChI is InChI=1S/C10H14N2O2/c1-6-4-9(13)12(7-2-3-7)10(14)8(6)5-11/h4,7,14H,2-3,5,11H2,1H3. The molecule has 2 rings (SSSR count). The van der Waals surface area contributed by atoms with Crippen molar-refractivity contribution in [1.82, 2.24) is 4.57 Å². The first-order valence-corrected chi connectivity index (χ1v) is 4.79. The van der Waals surface area contributed by atoms with Gasteiger partial charge in [0.15, 0.2) is 5.88 Å². The van der Waals surface area contributed by atoms with Gasteiger partial charge in [-0.2, -0.15) is 0 Å². The van der Waals surface area contributed by atoms with E-state index in [2.05, 4.69) is 0 Å². The number of pyridine rings is 1. The molecule has 0 unspecified atom stereocenters. The summed E-state index contributed by atoms with van der Waals surface area (Å²) in [6.45, 7) is 2.06. The fraction of sp³-hybridized carbons (Fsp3) is 0.500.